The molecule has 3 nitrogen and oxygen atoms in total. The monoisotopic (exact) mass is 217 g/mol. The summed E-state index contributed by atoms with van der Waals surface area (Å²) in [4.78, 5) is 0. The van der Waals surface area contributed by atoms with E-state index >= 15 is 0 Å². The molecule has 2 bridgehead atoms. The fraction of sp³-hybridized carbons (Fsp3) is 1.00. The highest BCUT2D eigenvalue weighted by Gasteiger charge is 2.59. The van der Waals surface area contributed by atoms with Crippen molar-refractivity contribution in [3.63, 3.8) is 0 Å². The van der Waals surface area contributed by atoms with E-state index < -0.39 is 10.1 Å². The molecule has 0 atom stereocenters. The van der Waals surface area contributed by atoms with E-state index in [1.54, 1.807) is 0 Å². The van der Waals surface area contributed by atoms with Gasteiger partial charge >= 0.3 is 0 Å². The number of hydrogen-bond donors (Lipinski definition) is 0. The summed E-state index contributed by atoms with van der Waals surface area (Å²) in [5.74, 6) is 0.480. The molecule has 14 heavy (non-hydrogen) atoms. The molecule has 82 valence electrons. The molecule has 0 radical (unpaired) electrons. The van der Waals surface area contributed by atoms with Crippen LogP contribution in [-0.2, 0) is 10.1 Å². The van der Waals surface area contributed by atoms with Crippen LogP contribution in [0.5, 0.6) is 0 Å². The third-order valence-electron chi connectivity index (χ3n) is 4.78. The summed E-state index contributed by atoms with van der Waals surface area (Å²) >= 11 is 0. The molecule has 0 N–H and O–H groups in total. The van der Waals surface area contributed by atoms with Gasteiger partial charge in [-0.1, -0.05) is 13.8 Å². The molecule has 2 saturated carbocycles. The zero-order valence-corrected chi connectivity index (χ0v) is 9.56. The van der Waals surface area contributed by atoms with Gasteiger partial charge in [0.2, 0.25) is 0 Å². The van der Waals surface area contributed by atoms with Crippen LogP contribution in [0.25, 0.3) is 0 Å². The topological polar surface area (TPSA) is 57.2 Å². The van der Waals surface area contributed by atoms with E-state index in [0.29, 0.717) is 5.92 Å². The first-order valence-electron chi connectivity index (χ1n) is 5.20. The SMILES string of the molecule is CC1(C)C2CCC1(CS(=O)(=O)[O-])CC2. The van der Waals surface area contributed by atoms with Crippen LogP contribution in [0, 0.1) is 16.7 Å². The molecular weight excluding hydrogens is 200 g/mol. The summed E-state index contributed by atoms with van der Waals surface area (Å²) in [5.41, 5.74) is -0.164. The van der Waals surface area contributed by atoms with Crippen LogP contribution in [0.15, 0.2) is 0 Å². The first-order chi connectivity index (χ1) is 6.27. The van der Waals surface area contributed by atoms with Gasteiger partial charge in [-0.3, -0.25) is 0 Å². The Morgan fingerprint density at radius 1 is 1.29 bits per heavy atom. The molecule has 0 saturated heterocycles. The minimum absolute atomic E-state index is 0.0461. The normalized spacial score (nSPS) is 40.4. The van der Waals surface area contributed by atoms with E-state index in [4.69, 9.17) is 0 Å². The van der Waals surface area contributed by atoms with Gasteiger partial charge in [0.1, 0.15) is 0 Å². The van der Waals surface area contributed by atoms with Crippen molar-refractivity contribution in [1.29, 1.82) is 0 Å². The van der Waals surface area contributed by atoms with Gasteiger partial charge in [0.15, 0.2) is 0 Å². The lowest BCUT2D eigenvalue weighted by atomic mass is 9.71. The van der Waals surface area contributed by atoms with Crippen molar-refractivity contribution in [1.82, 2.24) is 0 Å². The molecule has 0 heterocycles. The molecule has 0 amide bonds. The van der Waals surface area contributed by atoms with E-state index in [9.17, 15) is 13.0 Å². The minimum atomic E-state index is -4.07. The summed E-state index contributed by atoms with van der Waals surface area (Å²) in [6.07, 6.45) is 4.04. The Balaban J connectivity index is 2.32. The van der Waals surface area contributed by atoms with Gasteiger partial charge in [0.05, 0.1) is 10.1 Å². The molecule has 0 aliphatic heterocycles. The van der Waals surface area contributed by atoms with Crippen molar-refractivity contribution in [2.24, 2.45) is 16.7 Å². The Bertz CT molecular complexity index is 334. The highest BCUT2D eigenvalue weighted by atomic mass is 32.2. The molecule has 2 aliphatic rings. The Labute approximate surface area is 85.6 Å². The van der Waals surface area contributed by atoms with Crippen molar-refractivity contribution in [3.8, 4) is 0 Å². The summed E-state index contributed by atoms with van der Waals surface area (Å²) in [6, 6.07) is 0. The third kappa shape index (κ3) is 1.31. The van der Waals surface area contributed by atoms with Gasteiger partial charge < -0.3 is 4.55 Å². The molecular formula is C10H17O3S-. The first-order valence-corrected chi connectivity index (χ1v) is 6.78. The maximum Gasteiger partial charge on any atom is 0.0951 e. The van der Waals surface area contributed by atoms with Crippen LogP contribution in [-0.4, -0.2) is 18.7 Å². The summed E-state index contributed by atoms with van der Waals surface area (Å²) in [6.45, 7) is 4.26. The molecule has 0 spiro atoms. The van der Waals surface area contributed by atoms with Gasteiger partial charge in [-0.25, -0.2) is 8.42 Å². The van der Waals surface area contributed by atoms with Crippen LogP contribution in [0.3, 0.4) is 0 Å². The zero-order valence-electron chi connectivity index (χ0n) is 8.75. The molecule has 4 heteroatoms. The van der Waals surface area contributed by atoms with Gasteiger partial charge in [-0.05, 0) is 42.4 Å². The zero-order chi connectivity index (χ0) is 10.6. The van der Waals surface area contributed by atoms with Gasteiger partial charge in [-0.2, -0.15) is 0 Å². The quantitative estimate of drug-likeness (QED) is 0.662. The Morgan fingerprint density at radius 3 is 2.07 bits per heavy atom. The Kier molecular flexibility index (Phi) is 2.03. The van der Waals surface area contributed by atoms with Gasteiger partial charge in [-0.15, -0.1) is 0 Å². The largest absolute Gasteiger partial charge is 0.748 e. The van der Waals surface area contributed by atoms with Gasteiger partial charge in [0, 0.05) is 5.75 Å². The third-order valence-corrected chi connectivity index (χ3v) is 5.69. The Morgan fingerprint density at radius 2 is 1.79 bits per heavy atom. The molecule has 2 rings (SSSR count). The maximum absolute atomic E-state index is 10.9. The highest BCUT2D eigenvalue weighted by molar-refractivity contribution is 7.85. The molecule has 2 fully saturated rings. The first kappa shape index (κ1) is 10.4. The molecule has 0 aromatic rings. The standard InChI is InChI=1S/C10H18O3S/c1-9(2)8-3-5-10(9,6-4-8)7-14(11,12)13/h8H,3-7H2,1-2H3,(H,11,12,13)/p-1. The van der Waals surface area contributed by atoms with Crippen molar-refractivity contribution in [2.45, 2.75) is 39.5 Å². The molecule has 0 aromatic carbocycles. The smallest absolute Gasteiger partial charge is 0.0951 e. The second-order valence-electron chi connectivity index (χ2n) is 5.48. The van der Waals surface area contributed by atoms with Crippen LogP contribution < -0.4 is 0 Å². The lowest BCUT2D eigenvalue weighted by Gasteiger charge is -2.38. The van der Waals surface area contributed by atoms with Crippen LogP contribution in [0.4, 0.5) is 0 Å². The summed E-state index contributed by atoms with van der Waals surface area (Å²) < 4.78 is 32.7. The second-order valence-corrected chi connectivity index (χ2v) is 6.88. The lowest BCUT2D eigenvalue weighted by Crippen LogP contribution is -2.36. The van der Waals surface area contributed by atoms with Crippen molar-refractivity contribution in [3.05, 3.63) is 0 Å². The average molecular weight is 217 g/mol. The van der Waals surface area contributed by atoms with Crippen molar-refractivity contribution < 1.29 is 13.0 Å². The van der Waals surface area contributed by atoms with Crippen molar-refractivity contribution >= 4 is 10.1 Å². The average Bonchev–Trinajstić information content (AvgIpc) is 2.34. The van der Waals surface area contributed by atoms with E-state index in [-0.39, 0.29) is 16.6 Å². The summed E-state index contributed by atoms with van der Waals surface area (Å²) in [7, 11) is -4.07. The lowest BCUT2D eigenvalue weighted by molar-refractivity contribution is 0.152. The molecule has 0 aromatic heterocycles. The van der Waals surface area contributed by atoms with Crippen LogP contribution >= 0.6 is 0 Å². The van der Waals surface area contributed by atoms with Crippen LogP contribution in [0.1, 0.15) is 39.5 Å². The van der Waals surface area contributed by atoms with Crippen LogP contribution in [0.2, 0.25) is 0 Å². The maximum atomic E-state index is 10.9. The van der Waals surface area contributed by atoms with Gasteiger partial charge in [0.25, 0.3) is 0 Å². The fourth-order valence-electron chi connectivity index (χ4n) is 3.64. The molecule has 0 unspecified atom stereocenters. The Hall–Kier alpha value is -0.0900. The fourth-order valence-corrected chi connectivity index (χ4v) is 4.98. The molecule has 2 aliphatic carbocycles. The predicted octanol–water partition coefficient (Wildman–Crippen LogP) is 1.75. The number of hydrogen-bond acceptors (Lipinski definition) is 3. The van der Waals surface area contributed by atoms with E-state index in [0.717, 1.165) is 25.7 Å². The minimum Gasteiger partial charge on any atom is -0.748 e. The van der Waals surface area contributed by atoms with E-state index in [1.807, 2.05) is 0 Å². The van der Waals surface area contributed by atoms with Crippen molar-refractivity contribution in [2.75, 3.05) is 5.75 Å². The van der Waals surface area contributed by atoms with E-state index in [1.165, 1.54) is 0 Å². The summed E-state index contributed by atoms with van der Waals surface area (Å²) in [5, 5.41) is 0. The highest BCUT2D eigenvalue weighted by Crippen LogP contribution is 2.65. The second kappa shape index (κ2) is 2.73. The predicted molar refractivity (Wildman–Crippen MR) is 52.7 cm³/mol. The van der Waals surface area contributed by atoms with E-state index in [2.05, 4.69) is 13.8 Å². The number of fused-ring (bicyclic) bond motifs is 2. The number of rotatable bonds is 2.